The Kier molecular flexibility index (Phi) is 3.76. The molecule has 0 radical (unpaired) electrons. The van der Waals surface area contributed by atoms with Gasteiger partial charge < -0.3 is 4.74 Å². The van der Waals surface area contributed by atoms with Gasteiger partial charge in [-0.2, -0.15) is 0 Å². The van der Waals surface area contributed by atoms with E-state index in [1.54, 1.807) is 6.20 Å². The monoisotopic (exact) mass is 227 g/mol. The van der Waals surface area contributed by atoms with Crippen LogP contribution >= 0.6 is 0 Å². The third kappa shape index (κ3) is 3.31. The minimum absolute atomic E-state index is 0.516. The molecule has 2 heteroatoms. The number of benzene rings is 1. The fourth-order valence-electron chi connectivity index (χ4n) is 1.60. The zero-order valence-electron chi connectivity index (χ0n) is 10.3. The molecule has 1 aromatic carbocycles. The molecule has 0 aliphatic heterocycles. The van der Waals surface area contributed by atoms with E-state index >= 15 is 0 Å². The van der Waals surface area contributed by atoms with E-state index in [1.807, 2.05) is 30.3 Å². The SMILES string of the molecule is CC(C)c1cccc(OCc2ccccn2)c1. The largest absolute Gasteiger partial charge is 0.487 e. The molecule has 2 rings (SSSR count). The Bertz CT molecular complexity index is 465. The van der Waals surface area contributed by atoms with Gasteiger partial charge in [0, 0.05) is 6.20 Å². The molecular weight excluding hydrogens is 210 g/mol. The quantitative estimate of drug-likeness (QED) is 0.793. The summed E-state index contributed by atoms with van der Waals surface area (Å²) in [5, 5.41) is 0. The van der Waals surface area contributed by atoms with Crippen LogP contribution in [-0.4, -0.2) is 4.98 Å². The number of nitrogens with zero attached hydrogens (tertiary/aromatic N) is 1. The highest BCUT2D eigenvalue weighted by Gasteiger charge is 2.01. The maximum absolute atomic E-state index is 5.72. The Morgan fingerprint density at radius 3 is 2.71 bits per heavy atom. The van der Waals surface area contributed by atoms with Gasteiger partial charge in [-0.25, -0.2) is 0 Å². The Morgan fingerprint density at radius 1 is 1.12 bits per heavy atom. The summed E-state index contributed by atoms with van der Waals surface area (Å²) in [4.78, 5) is 4.23. The van der Waals surface area contributed by atoms with Crippen LogP contribution < -0.4 is 4.74 Å². The standard InChI is InChI=1S/C15H17NO/c1-12(2)13-6-5-8-15(10-13)17-11-14-7-3-4-9-16-14/h3-10,12H,11H2,1-2H3. The van der Waals surface area contributed by atoms with Crippen LogP contribution in [0.25, 0.3) is 0 Å². The smallest absolute Gasteiger partial charge is 0.130 e. The number of rotatable bonds is 4. The lowest BCUT2D eigenvalue weighted by Gasteiger charge is -2.09. The normalized spacial score (nSPS) is 10.5. The summed E-state index contributed by atoms with van der Waals surface area (Å²) in [7, 11) is 0. The minimum atomic E-state index is 0.516. The molecule has 0 N–H and O–H groups in total. The van der Waals surface area contributed by atoms with Crippen LogP contribution in [0.3, 0.4) is 0 Å². The molecule has 0 amide bonds. The molecule has 17 heavy (non-hydrogen) atoms. The van der Waals surface area contributed by atoms with Gasteiger partial charge in [-0.15, -0.1) is 0 Å². The van der Waals surface area contributed by atoms with Crippen LogP contribution in [0.2, 0.25) is 0 Å². The van der Waals surface area contributed by atoms with E-state index in [4.69, 9.17) is 4.74 Å². The summed E-state index contributed by atoms with van der Waals surface area (Å²) in [6, 6.07) is 14.1. The third-order valence-corrected chi connectivity index (χ3v) is 2.64. The van der Waals surface area contributed by atoms with Crippen molar-refractivity contribution in [1.29, 1.82) is 0 Å². The number of ether oxygens (including phenoxy) is 1. The molecule has 0 saturated heterocycles. The number of pyridine rings is 1. The Hall–Kier alpha value is -1.83. The van der Waals surface area contributed by atoms with E-state index in [2.05, 4.69) is 31.0 Å². The van der Waals surface area contributed by atoms with Crippen molar-refractivity contribution in [3.05, 3.63) is 59.9 Å². The van der Waals surface area contributed by atoms with Crippen molar-refractivity contribution >= 4 is 0 Å². The van der Waals surface area contributed by atoms with Crippen molar-refractivity contribution in [1.82, 2.24) is 4.98 Å². The maximum atomic E-state index is 5.72. The van der Waals surface area contributed by atoms with Gasteiger partial charge in [-0.1, -0.05) is 32.0 Å². The summed E-state index contributed by atoms with van der Waals surface area (Å²) in [5.74, 6) is 1.43. The molecule has 0 atom stereocenters. The van der Waals surface area contributed by atoms with Gasteiger partial charge in [-0.05, 0) is 35.7 Å². The first-order chi connectivity index (χ1) is 8.25. The van der Waals surface area contributed by atoms with Crippen LogP contribution in [0.15, 0.2) is 48.7 Å². The second kappa shape index (κ2) is 5.48. The number of hydrogen-bond acceptors (Lipinski definition) is 2. The highest BCUT2D eigenvalue weighted by atomic mass is 16.5. The van der Waals surface area contributed by atoms with Gasteiger partial charge in [-0.3, -0.25) is 4.98 Å². The van der Waals surface area contributed by atoms with Crippen molar-refractivity contribution in [2.75, 3.05) is 0 Å². The van der Waals surface area contributed by atoms with Crippen LogP contribution in [0.5, 0.6) is 5.75 Å². The van der Waals surface area contributed by atoms with Gasteiger partial charge in [0.05, 0.1) is 5.69 Å². The average molecular weight is 227 g/mol. The zero-order chi connectivity index (χ0) is 12.1. The van der Waals surface area contributed by atoms with Crippen LogP contribution in [0, 0.1) is 0 Å². The molecule has 0 fully saturated rings. The van der Waals surface area contributed by atoms with Crippen LogP contribution in [0.1, 0.15) is 31.0 Å². The van der Waals surface area contributed by atoms with E-state index < -0.39 is 0 Å². The molecule has 0 aliphatic carbocycles. The summed E-state index contributed by atoms with van der Waals surface area (Å²) >= 11 is 0. The highest BCUT2D eigenvalue weighted by Crippen LogP contribution is 2.20. The van der Waals surface area contributed by atoms with E-state index in [9.17, 15) is 0 Å². The third-order valence-electron chi connectivity index (χ3n) is 2.64. The molecule has 88 valence electrons. The van der Waals surface area contributed by atoms with E-state index in [0.717, 1.165) is 11.4 Å². The summed E-state index contributed by atoms with van der Waals surface area (Å²) in [6.07, 6.45) is 1.78. The van der Waals surface area contributed by atoms with Crippen molar-refractivity contribution < 1.29 is 4.74 Å². The summed E-state index contributed by atoms with van der Waals surface area (Å²) in [6.45, 7) is 4.87. The zero-order valence-corrected chi connectivity index (χ0v) is 10.3. The Labute approximate surface area is 102 Å². The van der Waals surface area contributed by atoms with Crippen molar-refractivity contribution in [2.45, 2.75) is 26.4 Å². The lowest BCUT2D eigenvalue weighted by Crippen LogP contribution is -1.98. The second-order valence-electron chi connectivity index (χ2n) is 4.34. The maximum Gasteiger partial charge on any atom is 0.130 e. The van der Waals surface area contributed by atoms with Gasteiger partial charge in [0.1, 0.15) is 12.4 Å². The van der Waals surface area contributed by atoms with Gasteiger partial charge in [0.25, 0.3) is 0 Å². The van der Waals surface area contributed by atoms with Crippen molar-refractivity contribution in [3.8, 4) is 5.75 Å². The molecule has 0 saturated carbocycles. The van der Waals surface area contributed by atoms with Crippen molar-refractivity contribution in [2.24, 2.45) is 0 Å². The van der Waals surface area contributed by atoms with Crippen LogP contribution in [-0.2, 0) is 6.61 Å². The van der Waals surface area contributed by atoms with Gasteiger partial charge in [0.2, 0.25) is 0 Å². The molecule has 0 bridgehead atoms. The predicted molar refractivity (Wildman–Crippen MR) is 69.1 cm³/mol. The first-order valence-electron chi connectivity index (χ1n) is 5.88. The molecule has 0 unspecified atom stereocenters. The molecule has 2 nitrogen and oxygen atoms in total. The Morgan fingerprint density at radius 2 is 2.00 bits per heavy atom. The molecule has 0 spiro atoms. The van der Waals surface area contributed by atoms with E-state index in [0.29, 0.717) is 12.5 Å². The number of aromatic nitrogens is 1. The highest BCUT2D eigenvalue weighted by molar-refractivity contribution is 5.30. The average Bonchev–Trinajstić information content (AvgIpc) is 2.38. The predicted octanol–water partition coefficient (Wildman–Crippen LogP) is 3.78. The lowest BCUT2D eigenvalue weighted by atomic mass is 10.0. The minimum Gasteiger partial charge on any atom is -0.487 e. The summed E-state index contributed by atoms with van der Waals surface area (Å²) in [5.41, 5.74) is 2.24. The first kappa shape index (κ1) is 11.6. The molecule has 0 aliphatic rings. The fraction of sp³-hybridized carbons (Fsp3) is 0.267. The lowest BCUT2D eigenvalue weighted by molar-refractivity contribution is 0.301. The van der Waals surface area contributed by atoms with Crippen LogP contribution in [0.4, 0.5) is 0 Å². The van der Waals surface area contributed by atoms with Gasteiger partial charge in [0.15, 0.2) is 0 Å². The first-order valence-corrected chi connectivity index (χ1v) is 5.88. The van der Waals surface area contributed by atoms with Crippen molar-refractivity contribution in [3.63, 3.8) is 0 Å². The molecule has 2 aromatic rings. The van der Waals surface area contributed by atoms with E-state index in [1.165, 1.54) is 5.56 Å². The Balaban J connectivity index is 2.02. The van der Waals surface area contributed by atoms with E-state index in [-0.39, 0.29) is 0 Å². The fourth-order valence-corrected chi connectivity index (χ4v) is 1.60. The molecule has 1 aromatic heterocycles. The topological polar surface area (TPSA) is 22.1 Å². The second-order valence-corrected chi connectivity index (χ2v) is 4.34. The molecule has 1 heterocycles. The summed E-state index contributed by atoms with van der Waals surface area (Å²) < 4.78 is 5.72. The molecular formula is C15H17NO. The van der Waals surface area contributed by atoms with Gasteiger partial charge >= 0.3 is 0 Å². The number of hydrogen-bond donors (Lipinski definition) is 0.